The summed E-state index contributed by atoms with van der Waals surface area (Å²) in [6.07, 6.45) is 5.72. The van der Waals surface area contributed by atoms with Gasteiger partial charge in [-0.2, -0.15) is 0 Å². The number of hydrogen-bond donors (Lipinski definition) is 2. The van der Waals surface area contributed by atoms with E-state index in [2.05, 4.69) is 5.32 Å². The first-order valence-electron chi connectivity index (χ1n) is 12.6. The Labute approximate surface area is 209 Å². The number of carbonyl (C=O) groups excluding carboxylic acids is 1. The standard InChI is InChI=1S/C29H39NO5/c1-29(2,3)26(35-20-23-12-8-5-9-13-23)27(31)30-25(28(32)33)18-21-14-16-24(17-15-21)34-19-22-10-6-4-7-11-22/h5,8-9,12-17,22,25-26H,4,6-7,10-11,18-20H2,1-3H3,(H,30,31)(H,32,33)/t25?,26-/m1/s1. The molecule has 6 heteroatoms. The highest BCUT2D eigenvalue weighted by Gasteiger charge is 2.34. The molecule has 0 aromatic heterocycles. The Balaban J connectivity index is 1.57. The number of aliphatic carboxylic acids is 1. The van der Waals surface area contributed by atoms with Gasteiger partial charge in [0.05, 0.1) is 13.2 Å². The molecule has 1 fully saturated rings. The molecule has 2 atom stereocenters. The third-order valence-electron chi connectivity index (χ3n) is 6.47. The van der Waals surface area contributed by atoms with E-state index in [4.69, 9.17) is 9.47 Å². The summed E-state index contributed by atoms with van der Waals surface area (Å²) >= 11 is 0. The van der Waals surface area contributed by atoms with Crippen LogP contribution in [0.1, 0.15) is 64.0 Å². The maximum absolute atomic E-state index is 13.1. The first-order valence-corrected chi connectivity index (χ1v) is 12.6. The minimum atomic E-state index is -1.08. The molecule has 2 aromatic rings. The summed E-state index contributed by atoms with van der Waals surface area (Å²) in [5.41, 5.74) is 1.27. The summed E-state index contributed by atoms with van der Waals surface area (Å²) in [4.78, 5) is 25.0. The molecule has 0 bridgehead atoms. The Morgan fingerprint density at radius 2 is 1.63 bits per heavy atom. The van der Waals surface area contributed by atoms with Gasteiger partial charge in [0, 0.05) is 6.42 Å². The van der Waals surface area contributed by atoms with Crippen molar-refractivity contribution in [3.8, 4) is 5.75 Å². The molecule has 0 spiro atoms. The molecule has 0 heterocycles. The molecule has 1 aliphatic rings. The van der Waals surface area contributed by atoms with Gasteiger partial charge in [0.25, 0.3) is 0 Å². The number of rotatable bonds is 11. The van der Waals surface area contributed by atoms with E-state index in [1.165, 1.54) is 32.1 Å². The Kier molecular flexibility index (Phi) is 9.73. The van der Waals surface area contributed by atoms with Crippen molar-refractivity contribution in [1.29, 1.82) is 0 Å². The molecule has 1 unspecified atom stereocenters. The van der Waals surface area contributed by atoms with Crippen LogP contribution in [0.15, 0.2) is 54.6 Å². The van der Waals surface area contributed by atoms with Crippen LogP contribution in [-0.4, -0.2) is 35.7 Å². The van der Waals surface area contributed by atoms with Gasteiger partial charge in [0.2, 0.25) is 5.91 Å². The molecular formula is C29H39NO5. The molecule has 1 saturated carbocycles. The summed E-state index contributed by atoms with van der Waals surface area (Å²) in [6.45, 7) is 6.72. The van der Waals surface area contributed by atoms with E-state index < -0.39 is 29.4 Å². The fourth-order valence-electron chi connectivity index (χ4n) is 4.45. The van der Waals surface area contributed by atoms with E-state index in [1.54, 1.807) is 0 Å². The second kappa shape index (κ2) is 12.7. The predicted octanol–water partition coefficient (Wildman–Crippen LogP) is 5.39. The van der Waals surface area contributed by atoms with Gasteiger partial charge in [-0.15, -0.1) is 0 Å². The minimum Gasteiger partial charge on any atom is -0.493 e. The number of carboxylic acid groups (broad SMARTS) is 1. The predicted molar refractivity (Wildman–Crippen MR) is 136 cm³/mol. The van der Waals surface area contributed by atoms with Gasteiger partial charge < -0.3 is 19.9 Å². The lowest BCUT2D eigenvalue weighted by Gasteiger charge is -2.30. The number of amides is 1. The van der Waals surface area contributed by atoms with Gasteiger partial charge in [-0.05, 0) is 47.4 Å². The first kappa shape index (κ1) is 26.7. The molecule has 6 nitrogen and oxygen atoms in total. The second-order valence-corrected chi connectivity index (χ2v) is 10.6. The number of carboxylic acids is 1. The zero-order valence-corrected chi connectivity index (χ0v) is 21.2. The molecule has 1 amide bonds. The van der Waals surface area contributed by atoms with Crippen LogP contribution in [0, 0.1) is 11.3 Å². The summed E-state index contributed by atoms with van der Waals surface area (Å²) < 4.78 is 11.9. The lowest BCUT2D eigenvalue weighted by molar-refractivity contribution is -0.148. The molecule has 2 N–H and O–H groups in total. The third-order valence-corrected chi connectivity index (χ3v) is 6.47. The smallest absolute Gasteiger partial charge is 0.326 e. The lowest BCUT2D eigenvalue weighted by atomic mass is 9.88. The van der Waals surface area contributed by atoms with E-state index in [0.29, 0.717) is 5.92 Å². The normalized spacial score (nSPS) is 16.3. The molecule has 0 radical (unpaired) electrons. The number of benzene rings is 2. The third kappa shape index (κ3) is 8.70. The van der Waals surface area contributed by atoms with Crippen molar-refractivity contribution in [2.45, 2.75) is 78.0 Å². The highest BCUT2D eigenvalue weighted by atomic mass is 16.5. The van der Waals surface area contributed by atoms with Crippen LogP contribution in [0.5, 0.6) is 5.75 Å². The van der Waals surface area contributed by atoms with E-state index >= 15 is 0 Å². The maximum Gasteiger partial charge on any atom is 0.326 e. The van der Waals surface area contributed by atoms with E-state index in [-0.39, 0.29) is 13.0 Å². The van der Waals surface area contributed by atoms with Crippen LogP contribution in [0.4, 0.5) is 0 Å². The minimum absolute atomic E-state index is 0.180. The van der Waals surface area contributed by atoms with Crippen molar-refractivity contribution in [3.63, 3.8) is 0 Å². The van der Waals surface area contributed by atoms with Crippen molar-refractivity contribution >= 4 is 11.9 Å². The molecule has 1 aliphatic carbocycles. The number of nitrogens with one attached hydrogen (secondary N) is 1. The van der Waals surface area contributed by atoms with Crippen LogP contribution in [0.25, 0.3) is 0 Å². The van der Waals surface area contributed by atoms with E-state index in [0.717, 1.165) is 23.5 Å². The highest BCUT2D eigenvalue weighted by molar-refractivity contribution is 5.87. The topological polar surface area (TPSA) is 84.9 Å². The van der Waals surface area contributed by atoms with Gasteiger partial charge in [-0.1, -0.05) is 82.5 Å². The number of ether oxygens (including phenoxy) is 2. The zero-order valence-electron chi connectivity index (χ0n) is 21.2. The Hall–Kier alpha value is -2.86. The van der Waals surface area contributed by atoms with Gasteiger partial charge in [0.1, 0.15) is 17.9 Å². The highest BCUT2D eigenvalue weighted by Crippen LogP contribution is 2.26. The molecule has 35 heavy (non-hydrogen) atoms. The van der Waals surface area contributed by atoms with E-state index in [1.807, 2.05) is 75.4 Å². The fraction of sp³-hybridized carbons (Fsp3) is 0.517. The largest absolute Gasteiger partial charge is 0.493 e. The van der Waals surface area contributed by atoms with Crippen LogP contribution >= 0.6 is 0 Å². The maximum atomic E-state index is 13.1. The zero-order chi connectivity index (χ0) is 25.3. The number of carbonyl (C=O) groups is 2. The Morgan fingerprint density at radius 3 is 2.23 bits per heavy atom. The molecule has 190 valence electrons. The molecule has 0 aliphatic heterocycles. The second-order valence-electron chi connectivity index (χ2n) is 10.6. The summed E-state index contributed by atoms with van der Waals surface area (Å²) in [7, 11) is 0. The summed E-state index contributed by atoms with van der Waals surface area (Å²) in [5.74, 6) is -0.0906. The Morgan fingerprint density at radius 1 is 0.971 bits per heavy atom. The van der Waals surface area contributed by atoms with Crippen molar-refractivity contribution in [2.75, 3.05) is 6.61 Å². The molecular weight excluding hydrogens is 442 g/mol. The SMILES string of the molecule is CC(C)(C)[C@H](OCc1ccccc1)C(=O)NC(Cc1ccc(OCC2CCCCC2)cc1)C(=O)O. The average molecular weight is 482 g/mol. The number of hydrogen-bond acceptors (Lipinski definition) is 4. The van der Waals surface area contributed by atoms with Crippen molar-refractivity contribution < 1.29 is 24.2 Å². The van der Waals surface area contributed by atoms with Gasteiger partial charge in [-0.25, -0.2) is 4.79 Å². The molecule has 0 saturated heterocycles. The van der Waals surface area contributed by atoms with Gasteiger partial charge in [0.15, 0.2) is 0 Å². The quantitative estimate of drug-likeness (QED) is 0.450. The van der Waals surface area contributed by atoms with Crippen LogP contribution < -0.4 is 10.1 Å². The van der Waals surface area contributed by atoms with Crippen molar-refractivity contribution in [3.05, 3.63) is 65.7 Å². The van der Waals surface area contributed by atoms with Crippen molar-refractivity contribution in [1.82, 2.24) is 5.32 Å². The summed E-state index contributed by atoms with van der Waals surface area (Å²) in [5, 5.41) is 12.5. The van der Waals surface area contributed by atoms with Crippen LogP contribution in [0.3, 0.4) is 0 Å². The summed E-state index contributed by atoms with van der Waals surface area (Å²) in [6, 6.07) is 16.0. The van der Waals surface area contributed by atoms with Crippen molar-refractivity contribution in [2.24, 2.45) is 11.3 Å². The van der Waals surface area contributed by atoms with Crippen LogP contribution in [-0.2, 0) is 27.4 Å². The first-order chi connectivity index (χ1) is 16.7. The molecule has 3 rings (SSSR count). The average Bonchev–Trinajstić information content (AvgIpc) is 2.83. The monoisotopic (exact) mass is 481 g/mol. The fourth-order valence-corrected chi connectivity index (χ4v) is 4.45. The Bertz CT molecular complexity index is 930. The van der Waals surface area contributed by atoms with Gasteiger partial charge in [-0.3, -0.25) is 4.79 Å². The van der Waals surface area contributed by atoms with Gasteiger partial charge >= 0.3 is 5.97 Å². The lowest BCUT2D eigenvalue weighted by Crippen LogP contribution is -2.51. The molecule has 2 aromatic carbocycles. The van der Waals surface area contributed by atoms with E-state index in [9.17, 15) is 14.7 Å². The van der Waals surface area contributed by atoms with Crippen LogP contribution in [0.2, 0.25) is 0 Å².